The maximum Gasteiger partial charge on any atom is 0.273 e. The molecule has 0 aliphatic carbocycles. The molecule has 1 N–H and O–H groups in total. The van der Waals surface area contributed by atoms with Crippen LogP contribution in [0.3, 0.4) is 0 Å². The van der Waals surface area contributed by atoms with E-state index in [-0.39, 0.29) is 35.1 Å². The Labute approximate surface area is 287 Å². The van der Waals surface area contributed by atoms with Crippen molar-refractivity contribution in [2.24, 2.45) is 0 Å². The molecule has 4 aromatic rings. The molecule has 1 atom stereocenters. The van der Waals surface area contributed by atoms with Crippen molar-refractivity contribution >= 4 is 33.2 Å². The summed E-state index contributed by atoms with van der Waals surface area (Å²) in [7, 11) is -3.07. The van der Waals surface area contributed by atoms with Gasteiger partial charge in [0.05, 0.1) is 22.6 Å². The second-order valence-electron chi connectivity index (χ2n) is 11.7. The number of nitro groups is 1. The first-order chi connectivity index (χ1) is 23.5. The van der Waals surface area contributed by atoms with Crippen LogP contribution in [0, 0.1) is 24.0 Å². The zero-order valence-electron chi connectivity index (χ0n) is 28.2. The summed E-state index contributed by atoms with van der Waals surface area (Å²) in [6.07, 6.45) is 1.80. The lowest BCUT2D eigenvalue weighted by Crippen LogP contribution is -2.53. The number of amides is 2. The zero-order chi connectivity index (χ0) is 35.6. The van der Waals surface area contributed by atoms with Crippen LogP contribution in [0.25, 0.3) is 0 Å². The van der Waals surface area contributed by atoms with Crippen LogP contribution in [0.2, 0.25) is 0 Å². The lowest BCUT2D eigenvalue weighted by molar-refractivity contribution is -0.385. The molecule has 0 heterocycles. The second-order valence-corrected chi connectivity index (χ2v) is 13.6. The van der Waals surface area contributed by atoms with Crippen molar-refractivity contribution in [2.75, 3.05) is 24.5 Å². The quantitative estimate of drug-likeness (QED) is 0.0870. The van der Waals surface area contributed by atoms with Crippen molar-refractivity contribution in [3.63, 3.8) is 0 Å². The number of hydrogen-bond acceptors (Lipinski definition) is 7. The summed E-state index contributed by atoms with van der Waals surface area (Å²) in [6, 6.07) is 25.6. The van der Waals surface area contributed by atoms with E-state index >= 15 is 0 Å². The van der Waals surface area contributed by atoms with Crippen molar-refractivity contribution in [1.29, 1.82) is 0 Å². The topological polar surface area (TPSA) is 139 Å². The molecule has 0 spiro atoms. The molecule has 0 aromatic heterocycles. The number of anilines is 1. The lowest BCUT2D eigenvalue weighted by Gasteiger charge is -2.34. The third-order valence-electron chi connectivity index (χ3n) is 8.31. The van der Waals surface area contributed by atoms with Crippen molar-refractivity contribution in [3.8, 4) is 5.75 Å². The standard InChI is InChI=1S/C37H42N4O7S/c1-5-6-22-38-37(43)35(23-29-13-8-7-9-14-29)39(25-30-15-11-10-12-27(30)2)36(42)26-40(31-17-19-32(48-4)20-18-31)49(46,47)33-21-16-28(3)34(24-33)41(44)45/h7-21,24,35H,5-6,22-23,25-26H2,1-4H3,(H,38,43). The Morgan fingerprint density at radius 2 is 1.59 bits per heavy atom. The minimum atomic E-state index is -4.54. The number of benzene rings is 4. The molecule has 0 bridgehead atoms. The first kappa shape index (κ1) is 36.6. The Balaban J connectivity index is 1.84. The average molecular weight is 687 g/mol. The van der Waals surface area contributed by atoms with Crippen molar-refractivity contribution < 1.29 is 27.7 Å². The number of sulfonamides is 1. The molecule has 0 radical (unpaired) electrons. The Morgan fingerprint density at radius 1 is 0.918 bits per heavy atom. The number of nitrogens with zero attached hydrogens (tertiary/aromatic N) is 3. The first-order valence-electron chi connectivity index (χ1n) is 16.0. The van der Waals surface area contributed by atoms with Crippen LogP contribution in [0.5, 0.6) is 5.75 Å². The molecule has 4 aromatic carbocycles. The second kappa shape index (κ2) is 16.7. The SMILES string of the molecule is CCCCNC(=O)C(Cc1ccccc1)N(Cc1ccccc1C)C(=O)CN(c1ccc(OC)cc1)S(=O)(=O)c1ccc(C)c([N+](=O)[O-])c1. The largest absolute Gasteiger partial charge is 0.497 e. The van der Waals surface area contributed by atoms with Crippen LogP contribution in [0.15, 0.2) is 102 Å². The van der Waals surface area contributed by atoms with Gasteiger partial charge < -0.3 is 15.0 Å². The number of carbonyl (C=O) groups excluding carboxylic acids is 2. The first-order valence-corrected chi connectivity index (χ1v) is 17.5. The van der Waals surface area contributed by atoms with E-state index in [2.05, 4.69) is 5.32 Å². The number of unbranched alkanes of at least 4 members (excludes halogenated alkanes) is 1. The molecule has 258 valence electrons. The molecule has 2 amide bonds. The van der Waals surface area contributed by atoms with Gasteiger partial charge in [0.2, 0.25) is 11.8 Å². The summed E-state index contributed by atoms with van der Waals surface area (Å²) >= 11 is 0. The number of nitro benzene ring substituents is 1. The van der Waals surface area contributed by atoms with E-state index in [4.69, 9.17) is 4.74 Å². The van der Waals surface area contributed by atoms with Gasteiger partial charge in [-0.15, -0.1) is 0 Å². The van der Waals surface area contributed by atoms with Gasteiger partial charge in [-0.25, -0.2) is 8.42 Å². The normalized spacial score (nSPS) is 11.8. The van der Waals surface area contributed by atoms with Gasteiger partial charge in [0.15, 0.2) is 0 Å². The smallest absolute Gasteiger partial charge is 0.273 e. The zero-order valence-corrected chi connectivity index (χ0v) is 29.0. The van der Waals surface area contributed by atoms with Gasteiger partial charge in [-0.3, -0.25) is 24.0 Å². The average Bonchev–Trinajstić information content (AvgIpc) is 3.09. The van der Waals surface area contributed by atoms with Crippen molar-refractivity contribution in [3.05, 3.63) is 129 Å². The predicted molar refractivity (Wildman–Crippen MR) is 189 cm³/mol. The molecule has 0 saturated carbocycles. The number of methoxy groups -OCH3 is 1. The summed E-state index contributed by atoms with van der Waals surface area (Å²) in [5.74, 6) is -0.519. The number of nitrogens with one attached hydrogen (secondary N) is 1. The lowest BCUT2D eigenvalue weighted by atomic mass is 10.0. The van der Waals surface area contributed by atoms with Gasteiger partial charge in [0.25, 0.3) is 15.7 Å². The molecule has 11 nitrogen and oxygen atoms in total. The molecule has 0 aliphatic rings. The monoisotopic (exact) mass is 686 g/mol. The highest BCUT2D eigenvalue weighted by molar-refractivity contribution is 7.92. The molecule has 1 unspecified atom stereocenters. The maximum atomic E-state index is 14.6. The highest BCUT2D eigenvalue weighted by Crippen LogP contribution is 2.30. The van der Waals surface area contributed by atoms with E-state index in [1.165, 1.54) is 43.2 Å². The molecule has 12 heteroatoms. The third kappa shape index (κ3) is 9.23. The fourth-order valence-corrected chi connectivity index (χ4v) is 6.82. The molecule has 0 fully saturated rings. The molecular formula is C37H42N4O7S. The number of aryl methyl sites for hydroxylation is 2. The molecule has 0 aliphatic heterocycles. The van der Waals surface area contributed by atoms with Gasteiger partial charge >= 0.3 is 0 Å². The van der Waals surface area contributed by atoms with Crippen LogP contribution in [0.1, 0.15) is 42.0 Å². The number of rotatable bonds is 16. The van der Waals surface area contributed by atoms with E-state index in [0.717, 1.165) is 39.9 Å². The Hall–Kier alpha value is -5.23. The van der Waals surface area contributed by atoms with Crippen LogP contribution in [-0.2, 0) is 32.6 Å². The van der Waals surface area contributed by atoms with E-state index in [9.17, 15) is 28.1 Å². The van der Waals surface area contributed by atoms with Crippen LogP contribution in [-0.4, -0.2) is 56.3 Å². The van der Waals surface area contributed by atoms with Crippen LogP contribution in [0.4, 0.5) is 11.4 Å². The number of hydrogen-bond donors (Lipinski definition) is 1. The minimum Gasteiger partial charge on any atom is -0.497 e. The Kier molecular flexibility index (Phi) is 12.5. The molecular weight excluding hydrogens is 644 g/mol. The van der Waals surface area contributed by atoms with Crippen LogP contribution < -0.4 is 14.4 Å². The van der Waals surface area contributed by atoms with Crippen LogP contribution >= 0.6 is 0 Å². The summed E-state index contributed by atoms with van der Waals surface area (Å²) in [5, 5.41) is 14.7. The highest BCUT2D eigenvalue weighted by Gasteiger charge is 2.35. The Morgan fingerprint density at radius 3 is 2.22 bits per heavy atom. The molecule has 0 saturated heterocycles. The Bertz CT molecular complexity index is 1870. The minimum absolute atomic E-state index is 0.0384. The van der Waals surface area contributed by atoms with E-state index < -0.39 is 33.4 Å². The highest BCUT2D eigenvalue weighted by atomic mass is 32.2. The fraction of sp³-hybridized carbons (Fsp3) is 0.297. The van der Waals surface area contributed by atoms with Gasteiger partial charge in [-0.2, -0.15) is 0 Å². The summed E-state index contributed by atoms with van der Waals surface area (Å²) < 4.78 is 34.9. The van der Waals surface area contributed by atoms with Crippen molar-refractivity contribution in [1.82, 2.24) is 10.2 Å². The molecule has 4 rings (SSSR count). The van der Waals surface area contributed by atoms with E-state index in [0.29, 0.717) is 17.9 Å². The number of carbonyl (C=O) groups is 2. The fourth-order valence-electron chi connectivity index (χ4n) is 5.38. The summed E-state index contributed by atoms with van der Waals surface area (Å²) in [4.78, 5) is 40.7. The van der Waals surface area contributed by atoms with Crippen molar-refractivity contribution in [2.45, 2.75) is 57.5 Å². The van der Waals surface area contributed by atoms with Gasteiger partial charge in [-0.05, 0) is 67.3 Å². The maximum absolute atomic E-state index is 14.6. The summed E-state index contributed by atoms with van der Waals surface area (Å²) in [5.41, 5.74) is 2.58. The van der Waals surface area contributed by atoms with Gasteiger partial charge in [0.1, 0.15) is 18.3 Å². The van der Waals surface area contributed by atoms with Gasteiger partial charge in [-0.1, -0.05) is 74.0 Å². The third-order valence-corrected chi connectivity index (χ3v) is 10.1. The number of ether oxygens (including phenoxy) is 1. The van der Waals surface area contributed by atoms with E-state index in [1.807, 2.05) is 68.4 Å². The van der Waals surface area contributed by atoms with Gasteiger partial charge in [0, 0.05) is 31.1 Å². The molecule has 49 heavy (non-hydrogen) atoms. The predicted octanol–water partition coefficient (Wildman–Crippen LogP) is 5.97. The summed E-state index contributed by atoms with van der Waals surface area (Å²) in [6.45, 7) is 5.21. The van der Waals surface area contributed by atoms with E-state index in [1.54, 1.807) is 12.1 Å².